The van der Waals surface area contributed by atoms with Crippen molar-refractivity contribution in [1.29, 1.82) is 0 Å². The molecule has 0 aliphatic carbocycles. The van der Waals surface area contributed by atoms with E-state index in [-0.39, 0.29) is 18.8 Å². The maximum atomic E-state index is 12.9. The molecule has 0 fully saturated rings. The van der Waals surface area contributed by atoms with Gasteiger partial charge in [-0.1, -0.05) is 0 Å². The van der Waals surface area contributed by atoms with E-state index in [4.69, 9.17) is 5.11 Å². The average Bonchev–Trinajstić information content (AvgIpc) is 2.12. The number of halogens is 1. The number of hydrogen-bond donors (Lipinski definition) is 1. The summed E-state index contributed by atoms with van der Waals surface area (Å²) in [7, 11) is 0. The minimum absolute atomic E-state index is 0.0139. The van der Waals surface area contributed by atoms with E-state index in [1.165, 1.54) is 12.1 Å². The highest BCUT2D eigenvalue weighted by molar-refractivity contribution is 5.96. The lowest BCUT2D eigenvalue weighted by atomic mass is 10.0. The number of carbonyl (C=O) groups excluding carboxylic acids is 1. The number of aliphatic hydroxyl groups excluding tert-OH is 1. The second-order valence-electron chi connectivity index (χ2n) is 3.27. The van der Waals surface area contributed by atoms with Gasteiger partial charge in [-0.05, 0) is 37.1 Å². The summed E-state index contributed by atoms with van der Waals surface area (Å²) in [6.45, 7) is 1.73. The van der Waals surface area contributed by atoms with Gasteiger partial charge in [0.1, 0.15) is 5.82 Å². The number of aliphatic hydroxyl groups is 1. The molecule has 0 heterocycles. The molecule has 0 radical (unpaired) electrons. The topological polar surface area (TPSA) is 37.3 Å². The van der Waals surface area contributed by atoms with Crippen LogP contribution in [0.1, 0.15) is 28.8 Å². The summed E-state index contributed by atoms with van der Waals surface area (Å²) in [5.41, 5.74) is 1.12. The van der Waals surface area contributed by atoms with Crippen LogP contribution in [0.15, 0.2) is 18.2 Å². The molecule has 0 unspecified atom stereocenters. The fraction of sp³-hybridized carbons (Fsp3) is 0.364. The molecule has 2 nitrogen and oxygen atoms in total. The van der Waals surface area contributed by atoms with Crippen molar-refractivity contribution in [3.63, 3.8) is 0 Å². The number of ketones is 1. The first-order valence-electron chi connectivity index (χ1n) is 4.54. The van der Waals surface area contributed by atoms with Gasteiger partial charge < -0.3 is 5.11 Å². The summed E-state index contributed by atoms with van der Waals surface area (Å²) in [6, 6.07) is 4.26. The smallest absolute Gasteiger partial charge is 0.163 e. The molecule has 0 spiro atoms. The number of benzene rings is 1. The summed E-state index contributed by atoms with van der Waals surface area (Å²) in [6.07, 6.45) is 0.688. The van der Waals surface area contributed by atoms with Crippen LogP contribution in [-0.2, 0) is 0 Å². The molecular weight excluding hydrogens is 183 g/mol. The Bertz CT molecular complexity index is 314. The van der Waals surface area contributed by atoms with Gasteiger partial charge in [-0.15, -0.1) is 0 Å². The molecule has 1 N–H and O–H groups in total. The van der Waals surface area contributed by atoms with Gasteiger partial charge in [-0.2, -0.15) is 0 Å². The van der Waals surface area contributed by atoms with Crippen LogP contribution in [0, 0.1) is 12.7 Å². The lowest BCUT2D eigenvalue weighted by Gasteiger charge is -2.01. The highest BCUT2D eigenvalue weighted by Gasteiger charge is 2.07. The van der Waals surface area contributed by atoms with Crippen LogP contribution in [0.5, 0.6) is 0 Å². The molecule has 1 aromatic rings. The van der Waals surface area contributed by atoms with Crippen LogP contribution in [0.2, 0.25) is 0 Å². The molecule has 3 heteroatoms. The van der Waals surface area contributed by atoms with Gasteiger partial charge in [0.05, 0.1) is 0 Å². The van der Waals surface area contributed by atoms with Gasteiger partial charge in [0.15, 0.2) is 5.78 Å². The normalized spacial score (nSPS) is 10.2. The quantitative estimate of drug-likeness (QED) is 0.749. The van der Waals surface area contributed by atoms with Crippen LogP contribution in [0.25, 0.3) is 0 Å². The standard InChI is InChI=1S/C11H13FO2/c1-8-5-9(7-10(12)6-8)11(14)3-2-4-13/h5-7,13H,2-4H2,1H3. The average molecular weight is 196 g/mol. The number of hydrogen-bond acceptors (Lipinski definition) is 2. The molecule has 0 amide bonds. The van der Waals surface area contributed by atoms with Crippen LogP contribution in [0.3, 0.4) is 0 Å². The summed E-state index contributed by atoms with van der Waals surface area (Å²) >= 11 is 0. The predicted molar refractivity (Wildman–Crippen MR) is 51.8 cm³/mol. The highest BCUT2D eigenvalue weighted by Crippen LogP contribution is 2.11. The number of aryl methyl sites for hydroxylation is 1. The first kappa shape index (κ1) is 10.9. The molecule has 0 bridgehead atoms. The zero-order valence-electron chi connectivity index (χ0n) is 8.09. The van der Waals surface area contributed by atoms with Crippen LogP contribution < -0.4 is 0 Å². The first-order valence-corrected chi connectivity index (χ1v) is 4.54. The third-order valence-electron chi connectivity index (χ3n) is 1.93. The Kier molecular flexibility index (Phi) is 3.77. The Morgan fingerprint density at radius 2 is 2.14 bits per heavy atom. The molecule has 76 valence electrons. The zero-order chi connectivity index (χ0) is 10.6. The van der Waals surface area contributed by atoms with Crippen molar-refractivity contribution in [3.8, 4) is 0 Å². The molecule has 0 saturated carbocycles. The van der Waals surface area contributed by atoms with Crippen molar-refractivity contribution < 1.29 is 14.3 Å². The van der Waals surface area contributed by atoms with E-state index < -0.39 is 5.82 Å². The van der Waals surface area contributed by atoms with Crippen LogP contribution in [0.4, 0.5) is 4.39 Å². The third kappa shape index (κ3) is 2.92. The van der Waals surface area contributed by atoms with Gasteiger partial charge in [-0.3, -0.25) is 4.79 Å². The van der Waals surface area contributed by atoms with E-state index >= 15 is 0 Å². The summed E-state index contributed by atoms with van der Waals surface area (Å²) < 4.78 is 12.9. The second-order valence-corrected chi connectivity index (χ2v) is 3.27. The van der Waals surface area contributed by atoms with E-state index in [9.17, 15) is 9.18 Å². The van der Waals surface area contributed by atoms with Gasteiger partial charge in [0.25, 0.3) is 0 Å². The molecule has 14 heavy (non-hydrogen) atoms. The zero-order valence-corrected chi connectivity index (χ0v) is 8.09. The van der Waals surface area contributed by atoms with Crippen molar-refractivity contribution in [2.75, 3.05) is 6.61 Å². The van der Waals surface area contributed by atoms with E-state index in [0.29, 0.717) is 12.0 Å². The Morgan fingerprint density at radius 1 is 1.43 bits per heavy atom. The van der Waals surface area contributed by atoms with Gasteiger partial charge in [0, 0.05) is 18.6 Å². The maximum absolute atomic E-state index is 12.9. The Labute approximate surface area is 82.4 Å². The molecule has 0 aromatic heterocycles. The Balaban J connectivity index is 2.79. The van der Waals surface area contributed by atoms with E-state index in [2.05, 4.69) is 0 Å². The predicted octanol–water partition coefficient (Wildman–Crippen LogP) is 2.09. The van der Waals surface area contributed by atoms with Crippen molar-refractivity contribution >= 4 is 5.78 Å². The fourth-order valence-electron chi connectivity index (χ4n) is 1.28. The minimum Gasteiger partial charge on any atom is -0.396 e. The minimum atomic E-state index is -0.391. The van der Waals surface area contributed by atoms with Gasteiger partial charge in [0.2, 0.25) is 0 Å². The van der Waals surface area contributed by atoms with Crippen molar-refractivity contribution in [1.82, 2.24) is 0 Å². The third-order valence-corrected chi connectivity index (χ3v) is 1.93. The van der Waals surface area contributed by atoms with Crippen molar-refractivity contribution in [2.45, 2.75) is 19.8 Å². The summed E-state index contributed by atoms with van der Waals surface area (Å²) in [4.78, 5) is 11.4. The molecular formula is C11H13FO2. The molecule has 1 rings (SSSR count). The first-order chi connectivity index (χ1) is 6.63. The maximum Gasteiger partial charge on any atom is 0.163 e. The lowest BCUT2D eigenvalue weighted by molar-refractivity contribution is 0.0971. The molecule has 0 atom stereocenters. The van der Waals surface area contributed by atoms with E-state index in [1.807, 2.05) is 0 Å². The summed E-state index contributed by atoms with van der Waals surface area (Å²) in [5, 5.41) is 8.54. The SMILES string of the molecule is Cc1cc(F)cc(C(=O)CCCO)c1. The molecule has 0 saturated heterocycles. The van der Waals surface area contributed by atoms with Gasteiger partial charge in [-0.25, -0.2) is 4.39 Å². The summed E-state index contributed by atoms with van der Waals surface area (Å²) in [5.74, 6) is -0.515. The van der Waals surface area contributed by atoms with Crippen LogP contribution >= 0.6 is 0 Å². The molecule has 0 aliphatic heterocycles. The van der Waals surface area contributed by atoms with Crippen LogP contribution in [-0.4, -0.2) is 17.5 Å². The monoisotopic (exact) mass is 196 g/mol. The second kappa shape index (κ2) is 4.86. The van der Waals surface area contributed by atoms with Gasteiger partial charge >= 0.3 is 0 Å². The fourth-order valence-corrected chi connectivity index (χ4v) is 1.28. The van der Waals surface area contributed by atoms with Crippen molar-refractivity contribution in [2.24, 2.45) is 0 Å². The number of carbonyl (C=O) groups is 1. The number of Topliss-reactive ketones (excluding diaryl/α,β-unsaturated/α-hetero) is 1. The number of rotatable bonds is 4. The molecule has 1 aromatic carbocycles. The Hall–Kier alpha value is -1.22. The van der Waals surface area contributed by atoms with E-state index in [1.54, 1.807) is 13.0 Å². The largest absolute Gasteiger partial charge is 0.396 e. The van der Waals surface area contributed by atoms with E-state index in [0.717, 1.165) is 5.56 Å². The lowest BCUT2D eigenvalue weighted by Crippen LogP contribution is -2.01. The van der Waals surface area contributed by atoms with Crippen molar-refractivity contribution in [3.05, 3.63) is 35.1 Å². The molecule has 0 aliphatic rings. The highest BCUT2D eigenvalue weighted by atomic mass is 19.1. The Morgan fingerprint density at radius 3 is 2.71 bits per heavy atom.